The summed E-state index contributed by atoms with van der Waals surface area (Å²) in [4.78, 5) is 22.8. The molecule has 2 fully saturated rings. The monoisotopic (exact) mass is 358 g/mol. The van der Waals surface area contributed by atoms with Crippen molar-refractivity contribution in [2.24, 2.45) is 0 Å². The van der Waals surface area contributed by atoms with Crippen LogP contribution in [0.4, 0.5) is 13.2 Å². The number of hydrogen-bond acceptors (Lipinski definition) is 5. The van der Waals surface area contributed by atoms with Crippen LogP contribution in [0.25, 0.3) is 0 Å². The number of ether oxygens (including phenoxy) is 3. The summed E-state index contributed by atoms with van der Waals surface area (Å²) in [6.07, 6.45) is -1.46. The minimum Gasteiger partial charge on any atom is -0.491 e. The molecule has 2 saturated heterocycles. The number of fused-ring (bicyclic) bond motifs is 2. The molecule has 3 rings (SSSR count). The molecular formula is C17H17F3O5. The normalized spacial score (nSPS) is 28.0. The second-order valence-electron chi connectivity index (χ2n) is 6.49. The molecule has 0 atom stereocenters. The van der Waals surface area contributed by atoms with E-state index < -0.39 is 28.9 Å². The highest BCUT2D eigenvalue weighted by Crippen LogP contribution is 2.50. The quantitative estimate of drug-likeness (QED) is 0.598. The van der Waals surface area contributed by atoms with E-state index in [1.807, 2.05) is 0 Å². The van der Waals surface area contributed by atoms with Gasteiger partial charge in [-0.15, -0.1) is 0 Å². The van der Waals surface area contributed by atoms with Gasteiger partial charge in [-0.1, -0.05) is 0 Å². The van der Waals surface area contributed by atoms with Crippen molar-refractivity contribution in [3.8, 4) is 5.75 Å². The molecule has 1 aromatic carbocycles. The molecule has 1 aromatic rings. The van der Waals surface area contributed by atoms with Crippen molar-refractivity contribution >= 4 is 12.3 Å². The first-order valence-electron chi connectivity index (χ1n) is 7.81. The zero-order valence-electron chi connectivity index (χ0n) is 13.5. The van der Waals surface area contributed by atoms with Gasteiger partial charge in [0, 0.05) is 0 Å². The van der Waals surface area contributed by atoms with Crippen LogP contribution in [0.15, 0.2) is 18.2 Å². The molecule has 0 aromatic heterocycles. The molecule has 25 heavy (non-hydrogen) atoms. The molecule has 136 valence electrons. The fourth-order valence-electron chi connectivity index (χ4n) is 3.38. The maximum Gasteiger partial charge on any atom is 0.416 e. The number of hydrogen-bond donors (Lipinski definition) is 0. The van der Waals surface area contributed by atoms with E-state index in [4.69, 9.17) is 9.47 Å². The Bertz CT molecular complexity index is 690. The summed E-state index contributed by atoms with van der Waals surface area (Å²) < 4.78 is 54.9. The first-order valence-corrected chi connectivity index (χ1v) is 7.81. The highest BCUT2D eigenvalue weighted by atomic mass is 19.4. The second kappa shape index (κ2) is 6.01. The molecular weight excluding hydrogens is 341 g/mol. The van der Waals surface area contributed by atoms with Crippen LogP contribution < -0.4 is 4.74 Å². The maximum absolute atomic E-state index is 13.0. The number of carbonyl (C=O) groups is 2. The molecule has 8 heteroatoms. The summed E-state index contributed by atoms with van der Waals surface area (Å²) >= 11 is 0. The van der Waals surface area contributed by atoms with Gasteiger partial charge in [0.2, 0.25) is 0 Å². The van der Waals surface area contributed by atoms with Crippen LogP contribution in [-0.4, -0.2) is 37.2 Å². The van der Waals surface area contributed by atoms with E-state index in [1.165, 1.54) is 6.07 Å². The Morgan fingerprint density at radius 3 is 2.44 bits per heavy atom. The smallest absolute Gasteiger partial charge is 0.416 e. The van der Waals surface area contributed by atoms with Gasteiger partial charge in [0.1, 0.15) is 23.6 Å². The largest absolute Gasteiger partial charge is 0.491 e. The zero-order chi connectivity index (χ0) is 18.3. The topological polar surface area (TPSA) is 61.8 Å². The van der Waals surface area contributed by atoms with Crippen LogP contribution in [0.1, 0.15) is 41.6 Å². The van der Waals surface area contributed by atoms with Gasteiger partial charge in [-0.25, -0.2) is 4.79 Å². The molecule has 0 unspecified atom stereocenters. The highest BCUT2D eigenvalue weighted by molar-refractivity contribution is 5.90. The molecule has 0 radical (unpaired) electrons. The highest BCUT2D eigenvalue weighted by Gasteiger charge is 2.56. The SMILES string of the molecule is COC(=O)c1cc(OCC23CCC(C=O)(CC2)O3)cc(C(F)(F)F)c1. The van der Waals surface area contributed by atoms with E-state index in [0.717, 1.165) is 25.5 Å². The number of benzene rings is 1. The molecule has 0 amide bonds. The summed E-state index contributed by atoms with van der Waals surface area (Å²) in [5.74, 6) is -0.976. The van der Waals surface area contributed by atoms with Crippen LogP contribution in [0.3, 0.4) is 0 Å². The minimum atomic E-state index is -4.62. The van der Waals surface area contributed by atoms with Crippen molar-refractivity contribution in [3.63, 3.8) is 0 Å². The Morgan fingerprint density at radius 2 is 1.92 bits per heavy atom. The van der Waals surface area contributed by atoms with Crippen LogP contribution in [0, 0.1) is 0 Å². The Balaban J connectivity index is 1.80. The summed E-state index contributed by atoms with van der Waals surface area (Å²) in [5, 5.41) is 0. The molecule has 5 nitrogen and oxygen atoms in total. The van der Waals surface area contributed by atoms with E-state index in [0.29, 0.717) is 25.7 Å². The van der Waals surface area contributed by atoms with Gasteiger partial charge in [-0.3, -0.25) is 0 Å². The zero-order valence-corrected chi connectivity index (χ0v) is 13.5. The van der Waals surface area contributed by atoms with E-state index in [-0.39, 0.29) is 17.9 Å². The van der Waals surface area contributed by atoms with E-state index in [2.05, 4.69) is 4.74 Å². The average Bonchev–Trinajstić information content (AvgIpc) is 3.15. The van der Waals surface area contributed by atoms with Crippen molar-refractivity contribution in [3.05, 3.63) is 29.3 Å². The molecule has 0 aliphatic carbocycles. The van der Waals surface area contributed by atoms with Gasteiger partial charge < -0.3 is 19.0 Å². The van der Waals surface area contributed by atoms with E-state index >= 15 is 0 Å². The number of halogens is 3. The maximum atomic E-state index is 13.0. The number of alkyl halides is 3. The summed E-state index contributed by atoms with van der Waals surface area (Å²) in [7, 11) is 1.09. The summed E-state index contributed by atoms with van der Waals surface area (Å²) in [5.41, 5.74) is -2.69. The Kier molecular flexibility index (Phi) is 4.26. The van der Waals surface area contributed by atoms with Gasteiger partial charge in [0.15, 0.2) is 6.29 Å². The Hall–Kier alpha value is -2.09. The number of aldehydes is 1. The minimum absolute atomic E-state index is 0.0184. The summed E-state index contributed by atoms with van der Waals surface area (Å²) in [6, 6.07) is 2.75. The predicted molar refractivity (Wildman–Crippen MR) is 79.4 cm³/mol. The van der Waals surface area contributed by atoms with Gasteiger partial charge in [-0.2, -0.15) is 13.2 Å². The van der Waals surface area contributed by atoms with Gasteiger partial charge >= 0.3 is 12.1 Å². The van der Waals surface area contributed by atoms with Crippen LogP contribution in [0.5, 0.6) is 5.75 Å². The van der Waals surface area contributed by atoms with Crippen LogP contribution in [-0.2, 0) is 20.4 Å². The van der Waals surface area contributed by atoms with Gasteiger partial charge in [0.05, 0.1) is 18.2 Å². The van der Waals surface area contributed by atoms with Crippen molar-refractivity contribution in [1.29, 1.82) is 0 Å². The molecule has 0 saturated carbocycles. The van der Waals surface area contributed by atoms with Gasteiger partial charge in [0.25, 0.3) is 0 Å². The predicted octanol–water partition coefficient (Wildman–Crippen LogP) is 3.15. The van der Waals surface area contributed by atoms with E-state index in [1.54, 1.807) is 0 Å². The van der Waals surface area contributed by atoms with Crippen molar-refractivity contribution in [1.82, 2.24) is 0 Å². The molecule has 0 spiro atoms. The number of esters is 1. The fourth-order valence-corrected chi connectivity index (χ4v) is 3.38. The number of methoxy groups -OCH3 is 1. The van der Waals surface area contributed by atoms with Crippen LogP contribution in [0.2, 0.25) is 0 Å². The standard InChI is InChI=1S/C17H17F3O5/c1-23-14(22)11-6-12(17(18,19)20)8-13(7-11)24-10-16-4-2-15(9-21,25-16)3-5-16/h6-9H,2-5,10H2,1H3. The average molecular weight is 358 g/mol. The fraction of sp³-hybridized carbons (Fsp3) is 0.529. The van der Waals surface area contributed by atoms with E-state index in [9.17, 15) is 22.8 Å². The third-order valence-corrected chi connectivity index (χ3v) is 4.80. The second-order valence-corrected chi connectivity index (χ2v) is 6.49. The Labute approximate surface area is 142 Å². The molecule has 2 aliphatic rings. The lowest BCUT2D eigenvalue weighted by atomic mass is 9.83. The lowest BCUT2D eigenvalue weighted by Crippen LogP contribution is -2.33. The number of carbonyl (C=O) groups excluding carboxylic acids is 2. The van der Waals surface area contributed by atoms with Crippen molar-refractivity contribution in [2.45, 2.75) is 43.1 Å². The first kappa shape index (κ1) is 17.7. The van der Waals surface area contributed by atoms with Crippen molar-refractivity contribution in [2.75, 3.05) is 13.7 Å². The third kappa shape index (κ3) is 3.35. The van der Waals surface area contributed by atoms with Gasteiger partial charge in [-0.05, 0) is 43.9 Å². The molecule has 2 aliphatic heterocycles. The third-order valence-electron chi connectivity index (χ3n) is 4.80. The van der Waals surface area contributed by atoms with Crippen molar-refractivity contribution < 1.29 is 37.0 Å². The first-order chi connectivity index (χ1) is 11.7. The Morgan fingerprint density at radius 1 is 1.24 bits per heavy atom. The molecule has 2 heterocycles. The van der Waals surface area contributed by atoms with Crippen LogP contribution >= 0.6 is 0 Å². The molecule has 0 N–H and O–H groups in total. The summed E-state index contributed by atoms with van der Waals surface area (Å²) in [6.45, 7) is 0.0184. The number of rotatable bonds is 5. The lowest BCUT2D eigenvalue weighted by molar-refractivity contribution is -0.138. The molecule has 2 bridgehead atoms. The lowest BCUT2D eigenvalue weighted by Gasteiger charge is -2.24.